The van der Waals surface area contributed by atoms with Crippen LogP contribution in [0.25, 0.3) is 0 Å². The third kappa shape index (κ3) is 5.11. The van der Waals surface area contributed by atoms with E-state index in [1.807, 2.05) is 4.90 Å². The molecule has 3 aliphatic heterocycles. The van der Waals surface area contributed by atoms with Crippen LogP contribution in [0.2, 0.25) is 0 Å². The lowest BCUT2D eigenvalue weighted by Gasteiger charge is -2.34. The van der Waals surface area contributed by atoms with Crippen LogP contribution in [0.5, 0.6) is 0 Å². The number of hydrogen-bond acceptors (Lipinski definition) is 5. The maximum absolute atomic E-state index is 13.1. The Morgan fingerprint density at radius 1 is 0.946 bits per heavy atom. The molecule has 37 heavy (non-hydrogen) atoms. The Morgan fingerprint density at radius 2 is 1.57 bits per heavy atom. The quantitative estimate of drug-likeness (QED) is 0.612. The zero-order chi connectivity index (χ0) is 26.5. The standard InChI is InChI=1S/C23H23F6N5O3/c24-22(25,26)14-5-13(6-15(7-14)23(27,28)29)12-37-21(36)32-3-4-33-18(11-32)8-19(31-33)20(35)34-16-1-2-17(34)10-30-9-16/h5-8,16-17,30H,1-4,9-12H2. The number of halogens is 6. The Labute approximate surface area is 207 Å². The monoisotopic (exact) mass is 531 g/mol. The molecule has 14 heteroatoms. The van der Waals surface area contributed by atoms with Crippen molar-refractivity contribution in [2.75, 3.05) is 19.6 Å². The number of hydrogen-bond donors (Lipinski definition) is 1. The number of carbonyl (C=O) groups is 2. The summed E-state index contributed by atoms with van der Waals surface area (Å²) in [6.07, 6.45) is -9.04. The topological polar surface area (TPSA) is 79.7 Å². The highest BCUT2D eigenvalue weighted by Crippen LogP contribution is 2.36. The summed E-state index contributed by atoms with van der Waals surface area (Å²) in [6, 6.07) is 2.90. The Morgan fingerprint density at radius 3 is 2.16 bits per heavy atom. The highest BCUT2D eigenvalue weighted by atomic mass is 19.4. The molecule has 2 saturated heterocycles. The lowest BCUT2D eigenvalue weighted by Crippen LogP contribution is -2.54. The number of ether oxygens (including phenoxy) is 1. The van der Waals surface area contributed by atoms with Gasteiger partial charge in [-0.3, -0.25) is 9.48 Å². The second-order valence-electron chi connectivity index (χ2n) is 9.39. The van der Waals surface area contributed by atoms with Crippen LogP contribution in [0.4, 0.5) is 31.1 Å². The Kier molecular flexibility index (Phi) is 6.32. The molecule has 8 nitrogen and oxygen atoms in total. The number of benzene rings is 1. The van der Waals surface area contributed by atoms with Gasteiger partial charge in [-0.15, -0.1) is 0 Å². The summed E-state index contributed by atoms with van der Waals surface area (Å²) in [7, 11) is 0. The third-order valence-corrected chi connectivity index (χ3v) is 6.90. The Hall–Kier alpha value is -3.29. The van der Waals surface area contributed by atoms with Crippen LogP contribution < -0.4 is 5.32 Å². The smallest absolute Gasteiger partial charge is 0.416 e. The summed E-state index contributed by atoms with van der Waals surface area (Å²) in [5.74, 6) is -0.171. The van der Waals surface area contributed by atoms with Gasteiger partial charge in [0.25, 0.3) is 5.91 Å². The predicted octanol–water partition coefficient (Wildman–Crippen LogP) is 3.65. The largest absolute Gasteiger partial charge is 0.445 e. The van der Waals surface area contributed by atoms with E-state index in [-0.39, 0.29) is 49.4 Å². The molecular weight excluding hydrogens is 508 g/mol. The fraction of sp³-hybridized carbons (Fsp3) is 0.522. The molecule has 2 atom stereocenters. The number of rotatable bonds is 3. The molecule has 2 unspecified atom stereocenters. The van der Waals surface area contributed by atoms with Crippen molar-refractivity contribution in [2.24, 2.45) is 0 Å². The molecule has 0 radical (unpaired) electrons. The van der Waals surface area contributed by atoms with Gasteiger partial charge in [-0.25, -0.2) is 4.79 Å². The van der Waals surface area contributed by atoms with Gasteiger partial charge in [-0.2, -0.15) is 31.4 Å². The normalized spacial score (nSPS) is 21.7. The first-order valence-corrected chi connectivity index (χ1v) is 11.7. The molecular formula is C23H23F6N5O3. The number of nitrogens with one attached hydrogen (secondary N) is 1. The van der Waals surface area contributed by atoms with Gasteiger partial charge < -0.3 is 19.9 Å². The van der Waals surface area contributed by atoms with E-state index in [9.17, 15) is 35.9 Å². The predicted molar refractivity (Wildman–Crippen MR) is 115 cm³/mol. The van der Waals surface area contributed by atoms with Gasteiger partial charge >= 0.3 is 18.4 Å². The van der Waals surface area contributed by atoms with Gasteiger partial charge in [0, 0.05) is 31.7 Å². The molecule has 2 amide bonds. The number of fused-ring (bicyclic) bond motifs is 3. The molecule has 3 aliphatic rings. The van der Waals surface area contributed by atoms with Crippen LogP contribution in [0, 0.1) is 0 Å². The zero-order valence-electron chi connectivity index (χ0n) is 19.4. The van der Waals surface area contributed by atoms with Crippen LogP contribution in [-0.2, 0) is 36.8 Å². The number of nitrogens with zero attached hydrogens (tertiary/aromatic N) is 4. The molecule has 200 valence electrons. The van der Waals surface area contributed by atoms with Crippen molar-refractivity contribution in [1.82, 2.24) is 24.9 Å². The third-order valence-electron chi connectivity index (χ3n) is 6.90. The summed E-state index contributed by atoms with van der Waals surface area (Å²) in [5, 5.41) is 7.69. The molecule has 0 spiro atoms. The van der Waals surface area contributed by atoms with Gasteiger partial charge in [0.1, 0.15) is 6.61 Å². The SMILES string of the molecule is O=C(OCc1cc(C(F)(F)F)cc(C(F)(F)F)c1)N1CCn2nc(C(=O)N3C4CCC3CNC4)cc2C1. The van der Waals surface area contributed by atoms with Gasteiger partial charge in [-0.05, 0) is 42.7 Å². The van der Waals surface area contributed by atoms with Crippen molar-refractivity contribution in [2.45, 2.75) is 57.0 Å². The minimum atomic E-state index is -5.00. The van der Waals surface area contributed by atoms with E-state index in [2.05, 4.69) is 10.4 Å². The minimum Gasteiger partial charge on any atom is -0.445 e. The van der Waals surface area contributed by atoms with Crippen LogP contribution in [0.15, 0.2) is 24.3 Å². The highest BCUT2D eigenvalue weighted by Gasteiger charge is 2.41. The molecule has 2 fully saturated rings. The van der Waals surface area contributed by atoms with E-state index in [1.165, 1.54) is 4.90 Å². The zero-order valence-corrected chi connectivity index (χ0v) is 19.4. The fourth-order valence-corrected chi connectivity index (χ4v) is 5.11. The van der Waals surface area contributed by atoms with E-state index >= 15 is 0 Å². The Bertz CT molecular complexity index is 1160. The van der Waals surface area contributed by atoms with E-state index < -0.39 is 41.7 Å². The summed E-state index contributed by atoms with van der Waals surface area (Å²) >= 11 is 0. The van der Waals surface area contributed by atoms with Crippen LogP contribution in [0.1, 0.15) is 45.7 Å². The molecule has 0 saturated carbocycles. The maximum atomic E-state index is 13.1. The molecule has 4 heterocycles. The molecule has 2 bridgehead atoms. The number of alkyl halides is 6. The molecule has 1 N–H and O–H groups in total. The van der Waals surface area contributed by atoms with Crippen molar-refractivity contribution in [3.8, 4) is 0 Å². The average molecular weight is 531 g/mol. The lowest BCUT2D eigenvalue weighted by molar-refractivity contribution is -0.143. The van der Waals surface area contributed by atoms with Crippen molar-refractivity contribution in [3.63, 3.8) is 0 Å². The van der Waals surface area contributed by atoms with Crippen LogP contribution in [-0.4, -0.2) is 63.3 Å². The van der Waals surface area contributed by atoms with E-state index in [4.69, 9.17) is 4.74 Å². The minimum absolute atomic E-state index is 0.0157. The van der Waals surface area contributed by atoms with Crippen molar-refractivity contribution in [3.05, 3.63) is 52.3 Å². The van der Waals surface area contributed by atoms with Crippen molar-refractivity contribution < 1.29 is 40.7 Å². The maximum Gasteiger partial charge on any atom is 0.416 e. The van der Waals surface area contributed by atoms with Gasteiger partial charge in [-0.1, -0.05) is 0 Å². The number of piperazine rings is 1. The van der Waals surface area contributed by atoms with Crippen molar-refractivity contribution in [1.29, 1.82) is 0 Å². The first-order valence-electron chi connectivity index (χ1n) is 11.7. The van der Waals surface area contributed by atoms with E-state index in [0.717, 1.165) is 25.9 Å². The average Bonchev–Trinajstić information content (AvgIpc) is 3.37. The molecule has 2 aromatic rings. The summed E-state index contributed by atoms with van der Waals surface area (Å²) < 4.78 is 85.1. The molecule has 5 rings (SSSR count). The van der Waals surface area contributed by atoms with Crippen LogP contribution >= 0.6 is 0 Å². The highest BCUT2D eigenvalue weighted by molar-refractivity contribution is 5.93. The number of aromatic nitrogens is 2. The fourth-order valence-electron chi connectivity index (χ4n) is 5.11. The number of carbonyl (C=O) groups excluding carboxylic acids is 2. The second kappa shape index (κ2) is 9.23. The summed E-state index contributed by atoms with van der Waals surface area (Å²) in [4.78, 5) is 28.8. The summed E-state index contributed by atoms with van der Waals surface area (Å²) in [6.45, 7) is 1.13. The first-order chi connectivity index (χ1) is 17.4. The van der Waals surface area contributed by atoms with Gasteiger partial charge in [0.2, 0.25) is 0 Å². The molecule has 1 aromatic carbocycles. The molecule has 1 aromatic heterocycles. The van der Waals surface area contributed by atoms with Crippen molar-refractivity contribution >= 4 is 12.0 Å². The second-order valence-corrected chi connectivity index (χ2v) is 9.39. The number of amides is 2. The summed E-state index contributed by atoms with van der Waals surface area (Å²) in [5.41, 5.74) is -2.55. The molecule has 0 aliphatic carbocycles. The van der Waals surface area contributed by atoms with E-state index in [0.29, 0.717) is 17.8 Å². The van der Waals surface area contributed by atoms with Gasteiger partial charge in [0.05, 0.1) is 29.9 Å². The van der Waals surface area contributed by atoms with Crippen LogP contribution in [0.3, 0.4) is 0 Å². The Balaban J connectivity index is 1.25. The van der Waals surface area contributed by atoms with Gasteiger partial charge in [0.15, 0.2) is 5.69 Å². The lowest BCUT2D eigenvalue weighted by atomic mass is 10.1. The first kappa shape index (κ1) is 25.4. The van der Waals surface area contributed by atoms with E-state index in [1.54, 1.807) is 10.7 Å².